The molecule has 0 aliphatic rings. The van der Waals surface area contributed by atoms with E-state index in [-0.39, 0.29) is 5.56 Å². The van der Waals surface area contributed by atoms with Crippen LogP contribution in [-0.4, -0.2) is 11.1 Å². The quantitative estimate of drug-likeness (QED) is 0.894. The molecule has 4 nitrogen and oxygen atoms in total. The summed E-state index contributed by atoms with van der Waals surface area (Å²) in [5.41, 5.74) is 1.43. The third-order valence-electron chi connectivity index (χ3n) is 2.53. The minimum Gasteiger partial charge on any atom is -0.478 e. The number of carbonyl (C=O) groups is 1. The van der Waals surface area contributed by atoms with Gasteiger partial charge in [-0.05, 0) is 30.3 Å². The van der Waals surface area contributed by atoms with Gasteiger partial charge in [-0.15, -0.1) is 0 Å². The zero-order valence-electron chi connectivity index (χ0n) is 9.72. The van der Waals surface area contributed by atoms with Crippen molar-refractivity contribution in [1.82, 2.24) is 0 Å². The largest absolute Gasteiger partial charge is 0.478 e. The van der Waals surface area contributed by atoms with E-state index in [9.17, 15) is 4.79 Å². The average molecular weight is 273 g/mol. The van der Waals surface area contributed by atoms with Gasteiger partial charge < -0.3 is 10.4 Å². The van der Waals surface area contributed by atoms with Gasteiger partial charge in [-0.25, -0.2) is 4.79 Å². The predicted octanol–water partition coefficient (Wildman–Crippen LogP) is 3.65. The van der Waals surface area contributed by atoms with Crippen molar-refractivity contribution in [2.24, 2.45) is 0 Å². The fraction of sp³-hybridized carbons (Fsp3) is 0. The normalized spacial score (nSPS) is 9.68. The van der Waals surface area contributed by atoms with Crippen LogP contribution in [0.15, 0.2) is 42.5 Å². The number of halogens is 1. The van der Waals surface area contributed by atoms with Crippen LogP contribution in [0.1, 0.15) is 15.9 Å². The molecule has 0 aliphatic heterocycles. The number of carboxylic acid groups (broad SMARTS) is 1. The van der Waals surface area contributed by atoms with Crippen LogP contribution in [0.3, 0.4) is 0 Å². The van der Waals surface area contributed by atoms with Crippen molar-refractivity contribution in [1.29, 1.82) is 5.26 Å². The smallest absolute Gasteiger partial charge is 0.337 e. The molecule has 0 aromatic heterocycles. The number of anilines is 2. The third kappa shape index (κ3) is 2.84. The number of benzene rings is 2. The van der Waals surface area contributed by atoms with Crippen LogP contribution in [0.4, 0.5) is 11.4 Å². The van der Waals surface area contributed by atoms with Gasteiger partial charge in [-0.1, -0.05) is 23.7 Å². The SMILES string of the molecule is N#Cc1ccccc1Nc1ccc(Cl)cc1C(=O)O. The van der Waals surface area contributed by atoms with Crippen molar-refractivity contribution in [3.63, 3.8) is 0 Å². The second-order valence-corrected chi connectivity index (χ2v) is 4.21. The lowest BCUT2D eigenvalue weighted by molar-refractivity contribution is 0.0698. The predicted molar refractivity (Wildman–Crippen MR) is 72.9 cm³/mol. The van der Waals surface area contributed by atoms with Crippen LogP contribution in [0.5, 0.6) is 0 Å². The summed E-state index contributed by atoms with van der Waals surface area (Å²) in [5.74, 6) is -1.08. The van der Waals surface area contributed by atoms with Crippen LogP contribution < -0.4 is 5.32 Å². The molecule has 0 unspecified atom stereocenters. The van der Waals surface area contributed by atoms with E-state index in [0.29, 0.717) is 22.0 Å². The summed E-state index contributed by atoms with van der Waals surface area (Å²) >= 11 is 5.78. The van der Waals surface area contributed by atoms with Crippen molar-refractivity contribution in [3.05, 3.63) is 58.6 Å². The number of hydrogen-bond acceptors (Lipinski definition) is 3. The molecule has 2 N–H and O–H groups in total. The number of para-hydroxylation sites is 1. The summed E-state index contributed by atoms with van der Waals surface area (Å²) in [6.45, 7) is 0. The van der Waals surface area contributed by atoms with Gasteiger partial charge in [0, 0.05) is 5.02 Å². The fourth-order valence-corrected chi connectivity index (χ4v) is 1.81. The molecule has 0 atom stereocenters. The van der Waals surface area contributed by atoms with E-state index in [1.54, 1.807) is 36.4 Å². The summed E-state index contributed by atoms with van der Waals surface area (Å²) in [4.78, 5) is 11.2. The highest BCUT2D eigenvalue weighted by Gasteiger charge is 2.12. The van der Waals surface area contributed by atoms with E-state index in [1.165, 1.54) is 6.07 Å². The van der Waals surface area contributed by atoms with Crippen LogP contribution in [0, 0.1) is 11.3 Å². The van der Waals surface area contributed by atoms with E-state index in [1.807, 2.05) is 6.07 Å². The monoisotopic (exact) mass is 272 g/mol. The minimum atomic E-state index is -1.08. The van der Waals surface area contributed by atoms with Crippen LogP contribution in [-0.2, 0) is 0 Å². The lowest BCUT2D eigenvalue weighted by atomic mass is 10.1. The number of nitrogens with zero attached hydrogens (tertiary/aromatic N) is 1. The van der Waals surface area contributed by atoms with Gasteiger partial charge in [0.1, 0.15) is 6.07 Å². The molecule has 0 saturated carbocycles. The van der Waals surface area contributed by atoms with Gasteiger partial charge in [0.05, 0.1) is 22.5 Å². The maximum atomic E-state index is 11.2. The minimum absolute atomic E-state index is 0.0558. The van der Waals surface area contributed by atoms with Gasteiger partial charge >= 0.3 is 5.97 Å². The van der Waals surface area contributed by atoms with Gasteiger partial charge in [0.25, 0.3) is 0 Å². The van der Waals surface area contributed by atoms with Crippen molar-refractivity contribution in [2.45, 2.75) is 0 Å². The molecule has 0 saturated heterocycles. The Bertz CT molecular complexity index is 677. The first-order valence-electron chi connectivity index (χ1n) is 5.41. The van der Waals surface area contributed by atoms with Gasteiger partial charge in [0.15, 0.2) is 0 Å². The van der Waals surface area contributed by atoms with Gasteiger partial charge in [0.2, 0.25) is 0 Å². The summed E-state index contributed by atoms with van der Waals surface area (Å²) < 4.78 is 0. The molecule has 0 aliphatic carbocycles. The van der Waals surface area contributed by atoms with Gasteiger partial charge in [-0.2, -0.15) is 5.26 Å². The Morgan fingerprint density at radius 3 is 2.63 bits per heavy atom. The zero-order valence-corrected chi connectivity index (χ0v) is 10.5. The Morgan fingerprint density at radius 2 is 1.95 bits per heavy atom. The molecule has 2 aromatic carbocycles. The molecule has 2 rings (SSSR count). The maximum Gasteiger partial charge on any atom is 0.337 e. The topological polar surface area (TPSA) is 73.1 Å². The molecule has 0 radical (unpaired) electrons. The van der Waals surface area contributed by atoms with E-state index in [2.05, 4.69) is 5.32 Å². The number of carboxylic acids is 1. The van der Waals surface area contributed by atoms with E-state index >= 15 is 0 Å². The summed E-state index contributed by atoms with van der Waals surface area (Å²) in [6, 6.07) is 13.4. The Balaban J connectivity index is 2.44. The molecule has 0 spiro atoms. The molecule has 2 aromatic rings. The first-order chi connectivity index (χ1) is 9.11. The molecule has 5 heteroatoms. The zero-order chi connectivity index (χ0) is 13.8. The maximum absolute atomic E-state index is 11.2. The Hall–Kier alpha value is -2.51. The number of rotatable bonds is 3. The third-order valence-corrected chi connectivity index (χ3v) is 2.76. The number of aromatic carboxylic acids is 1. The van der Waals surface area contributed by atoms with E-state index in [0.717, 1.165) is 0 Å². The summed E-state index contributed by atoms with van der Waals surface area (Å²) in [7, 11) is 0. The molecule has 19 heavy (non-hydrogen) atoms. The summed E-state index contributed by atoms with van der Waals surface area (Å²) in [5, 5.41) is 21.4. The van der Waals surface area contributed by atoms with Crippen LogP contribution in [0.2, 0.25) is 5.02 Å². The first kappa shape index (κ1) is 12.9. The standard InChI is InChI=1S/C14H9ClN2O2/c15-10-5-6-13(11(7-10)14(18)19)17-12-4-2-1-3-9(12)8-16/h1-7,17H,(H,18,19). The lowest BCUT2D eigenvalue weighted by Crippen LogP contribution is -2.03. The molecule has 0 amide bonds. The molecule has 0 heterocycles. The molecule has 0 fully saturated rings. The van der Waals surface area contributed by atoms with E-state index in [4.69, 9.17) is 22.0 Å². The lowest BCUT2D eigenvalue weighted by Gasteiger charge is -2.11. The average Bonchev–Trinajstić information content (AvgIpc) is 2.41. The Kier molecular flexibility index (Phi) is 3.69. The number of nitrogens with one attached hydrogen (secondary N) is 1. The van der Waals surface area contributed by atoms with Crippen molar-refractivity contribution < 1.29 is 9.90 Å². The Morgan fingerprint density at radius 1 is 1.21 bits per heavy atom. The number of nitriles is 1. The van der Waals surface area contributed by atoms with Crippen LogP contribution in [0.25, 0.3) is 0 Å². The first-order valence-corrected chi connectivity index (χ1v) is 5.78. The van der Waals surface area contributed by atoms with Crippen molar-refractivity contribution in [3.8, 4) is 6.07 Å². The van der Waals surface area contributed by atoms with Crippen molar-refractivity contribution in [2.75, 3.05) is 5.32 Å². The molecular formula is C14H9ClN2O2. The van der Waals surface area contributed by atoms with Crippen LogP contribution >= 0.6 is 11.6 Å². The second-order valence-electron chi connectivity index (χ2n) is 3.78. The van der Waals surface area contributed by atoms with Crippen molar-refractivity contribution >= 4 is 28.9 Å². The van der Waals surface area contributed by atoms with E-state index < -0.39 is 5.97 Å². The molecule has 0 bridgehead atoms. The highest BCUT2D eigenvalue weighted by Crippen LogP contribution is 2.26. The second kappa shape index (κ2) is 5.42. The van der Waals surface area contributed by atoms with Gasteiger partial charge in [-0.3, -0.25) is 0 Å². The highest BCUT2D eigenvalue weighted by atomic mass is 35.5. The molecule has 94 valence electrons. The Labute approximate surface area is 114 Å². The number of hydrogen-bond donors (Lipinski definition) is 2. The fourth-order valence-electron chi connectivity index (χ4n) is 1.64. The highest BCUT2D eigenvalue weighted by molar-refractivity contribution is 6.31. The molecular weight excluding hydrogens is 264 g/mol. The summed E-state index contributed by atoms with van der Waals surface area (Å²) in [6.07, 6.45) is 0.